The van der Waals surface area contributed by atoms with Crippen LogP contribution in [0.15, 0.2) is 22.8 Å². The lowest BCUT2D eigenvalue weighted by Crippen LogP contribution is -1.96. The molecular formula is C8H6N4S. The Balaban J connectivity index is 2.34. The summed E-state index contributed by atoms with van der Waals surface area (Å²) in [7, 11) is 0. The normalized spacial score (nSPS) is 13.5. The summed E-state index contributed by atoms with van der Waals surface area (Å²) in [5.41, 5.74) is 1.14. The van der Waals surface area contributed by atoms with Crippen LogP contribution in [0.2, 0.25) is 0 Å². The van der Waals surface area contributed by atoms with Crippen molar-refractivity contribution in [2.45, 2.75) is 6.54 Å². The van der Waals surface area contributed by atoms with Crippen molar-refractivity contribution in [3.05, 3.63) is 29.2 Å². The Kier molecular flexibility index (Phi) is 1.34. The summed E-state index contributed by atoms with van der Waals surface area (Å²) in [6.45, 7) is 0.612. The highest BCUT2D eigenvalue weighted by Crippen LogP contribution is 2.23. The molecule has 0 bridgehead atoms. The largest absolute Gasteiger partial charge is 0.284 e. The number of aromatic nitrogens is 3. The third kappa shape index (κ3) is 0.936. The van der Waals surface area contributed by atoms with E-state index in [0.717, 1.165) is 16.4 Å². The molecule has 1 aliphatic rings. The van der Waals surface area contributed by atoms with Crippen LogP contribution in [0.25, 0.3) is 5.00 Å². The van der Waals surface area contributed by atoms with Gasteiger partial charge >= 0.3 is 0 Å². The Morgan fingerprint density at radius 2 is 2.46 bits per heavy atom. The number of aliphatic imine (C=N–C) groups is 1. The zero-order valence-electron chi connectivity index (χ0n) is 6.71. The molecule has 1 aliphatic heterocycles. The van der Waals surface area contributed by atoms with Crippen molar-refractivity contribution in [2.24, 2.45) is 4.99 Å². The molecule has 0 amide bonds. The highest BCUT2D eigenvalue weighted by Gasteiger charge is 2.12. The first-order valence-corrected chi connectivity index (χ1v) is 4.80. The van der Waals surface area contributed by atoms with E-state index in [2.05, 4.69) is 21.3 Å². The van der Waals surface area contributed by atoms with E-state index in [-0.39, 0.29) is 0 Å². The van der Waals surface area contributed by atoms with Crippen molar-refractivity contribution in [1.29, 1.82) is 0 Å². The second-order valence-electron chi connectivity index (χ2n) is 2.77. The lowest BCUT2D eigenvalue weighted by molar-refractivity contribution is 0.878. The number of nitrogens with zero attached hydrogens (tertiary/aromatic N) is 4. The molecule has 2 aromatic heterocycles. The number of hydrogen-bond donors (Lipinski definition) is 0. The fraction of sp³-hybridized carbons (Fsp3) is 0.125. The topological polar surface area (TPSA) is 43.1 Å². The molecule has 13 heavy (non-hydrogen) atoms. The SMILES string of the molecule is C1=NCc2nncn2-c2sccc21. The molecule has 0 saturated heterocycles. The Bertz CT molecular complexity index is 468. The van der Waals surface area contributed by atoms with Crippen LogP contribution in [0.3, 0.4) is 0 Å². The smallest absolute Gasteiger partial charge is 0.159 e. The molecule has 5 heteroatoms. The van der Waals surface area contributed by atoms with Gasteiger partial charge in [-0.3, -0.25) is 9.56 Å². The summed E-state index contributed by atoms with van der Waals surface area (Å²) in [5, 5.41) is 11.1. The summed E-state index contributed by atoms with van der Waals surface area (Å²) in [4.78, 5) is 4.26. The Morgan fingerprint density at radius 3 is 3.46 bits per heavy atom. The average molecular weight is 190 g/mol. The maximum absolute atomic E-state index is 4.26. The summed E-state index contributed by atoms with van der Waals surface area (Å²) in [6.07, 6.45) is 3.62. The third-order valence-electron chi connectivity index (χ3n) is 1.97. The maximum Gasteiger partial charge on any atom is 0.159 e. The van der Waals surface area contributed by atoms with Gasteiger partial charge in [-0.25, -0.2) is 0 Å². The van der Waals surface area contributed by atoms with Gasteiger partial charge in [0.2, 0.25) is 0 Å². The number of thiophene rings is 1. The second-order valence-corrected chi connectivity index (χ2v) is 3.66. The van der Waals surface area contributed by atoms with Crippen molar-refractivity contribution in [3.8, 4) is 5.00 Å². The zero-order valence-corrected chi connectivity index (χ0v) is 7.53. The number of fused-ring (bicyclic) bond motifs is 3. The van der Waals surface area contributed by atoms with E-state index >= 15 is 0 Å². The first kappa shape index (κ1) is 6.97. The van der Waals surface area contributed by atoms with Gasteiger partial charge in [-0.15, -0.1) is 21.5 Å². The molecule has 0 N–H and O–H groups in total. The van der Waals surface area contributed by atoms with Gasteiger partial charge in [0, 0.05) is 11.8 Å². The average Bonchev–Trinajstić information content (AvgIpc) is 2.72. The van der Waals surface area contributed by atoms with Crippen molar-refractivity contribution in [3.63, 3.8) is 0 Å². The third-order valence-corrected chi connectivity index (χ3v) is 2.90. The first-order valence-electron chi connectivity index (χ1n) is 3.92. The molecule has 3 heterocycles. The summed E-state index contributed by atoms with van der Waals surface area (Å²) < 4.78 is 1.99. The molecule has 3 rings (SSSR count). The fourth-order valence-electron chi connectivity index (χ4n) is 1.37. The number of rotatable bonds is 0. The van der Waals surface area contributed by atoms with Gasteiger partial charge in [0.15, 0.2) is 5.82 Å². The second kappa shape index (κ2) is 2.50. The van der Waals surface area contributed by atoms with Crippen LogP contribution in [0.1, 0.15) is 11.4 Å². The van der Waals surface area contributed by atoms with Gasteiger partial charge in [-0.1, -0.05) is 0 Å². The Labute approximate surface area is 78.6 Å². The predicted molar refractivity (Wildman–Crippen MR) is 50.5 cm³/mol. The predicted octanol–water partition coefficient (Wildman–Crippen LogP) is 1.26. The monoisotopic (exact) mass is 190 g/mol. The minimum Gasteiger partial charge on any atom is -0.284 e. The molecule has 0 saturated carbocycles. The van der Waals surface area contributed by atoms with E-state index in [1.165, 1.54) is 0 Å². The van der Waals surface area contributed by atoms with Gasteiger partial charge in [0.25, 0.3) is 0 Å². The molecule has 0 fully saturated rings. The van der Waals surface area contributed by atoms with Crippen LogP contribution in [0.4, 0.5) is 0 Å². The lowest BCUT2D eigenvalue weighted by atomic mass is 10.3. The van der Waals surface area contributed by atoms with E-state index in [0.29, 0.717) is 6.54 Å². The lowest BCUT2D eigenvalue weighted by Gasteiger charge is -1.98. The van der Waals surface area contributed by atoms with E-state index in [9.17, 15) is 0 Å². The van der Waals surface area contributed by atoms with E-state index < -0.39 is 0 Å². The number of hydrogen-bond acceptors (Lipinski definition) is 4. The molecular weight excluding hydrogens is 184 g/mol. The van der Waals surface area contributed by atoms with Gasteiger partial charge in [0.05, 0.1) is 6.54 Å². The van der Waals surface area contributed by atoms with E-state index in [1.54, 1.807) is 17.7 Å². The van der Waals surface area contributed by atoms with Crippen LogP contribution < -0.4 is 0 Å². The van der Waals surface area contributed by atoms with Gasteiger partial charge < -0.3 is 0 Å². The highest BCUT2D eigenvalue weighted by atomic mass is 32.1. The molecule has 0 unspecified atom stereocenters. The molecule has 4 nitrogen and oxygen atoms in total. The highest BCUT2D eigenvalue weighted by molar-refractivity contribution is 7.13. The molecule has 2 aromatic rings. The maximum atomic E-state index is 4.26. The molecule has 64 valence electrons. The van der Waals surface area contributed by atoms with Crippen LogP contribution in [0, 0.1) is 0 Å². The fourth-order valence-corrected chi connectivity index (χ4v) is 2.23. The molecule has 0 spiro atoms. The summed E-state index contributed by atoms with van der Waals surface area (Å²) in [5.74, 6) is 0.900. The minimum absolute atomic E-state index is 0.612. The van der Waals surface area contributed by atoms with Crippen LogP contribution >= 0.6 is 11.3 Å². The molecule has 0 aromatic carbocycles. The van der Waals surface area contributed by atoms with Crippen molar-refractivity contribution in [2.75, 3.05) is 0 Å². The minimum atomic E-state index is 0.612. The van der Waals surface area contributed by atoms with Crippen LogP contribution in [-0.4, -0.2) is 21.0 Å². The van der Waals surface area contributed by atoms with Crippen molar-refractivity contribution < 1.29 is 0 Å². The van der Waals surface area contributed by atoms with Crippen LogP contribution in [0.5, 0.6) is 0 Å². The van der Waals surface area contributed by atoms with Crippen molar-refractivity contribution in [1.82, 2.24) is 14.8 Å². The quantitative estimate of drug-likeness (QED) is 0.627. The van der Waals surface area contributed by atoms with E-state index in [4.69, 9.17) is 0 Å². The van der Waals surface area contributed by atoms with E-state index in [1.807, 2.05) is 16.2 Å². The first-order chi connectivity index (χ1) is 6.45. The standard InChI is InChI=1S/C8H6N4S/c1-2-13-8-6(1)3-9-4-7-11-10-5-12(7)8/h1-3,5H,4H2. The molecule has 0 atom stereocenters. The zero-order chi connectivity index (χ0) is 8.67. The Hall–Kier alpha value is -1.49. The van der Waals surface area contributed by atoms with Crippen LogP contribution in [-0.2, 0) is 6.54 Å². The Morgan fingerprint density at radius 1 is 1.46 bits per heavy atom. The van der Waals surface area contributed by atoms with Crippen molar-refractivity contribution >= 4 is 17.6 Å². The molecule has 0 aliphatic carbocycles. The molecule has 0 radical (unpaired) electrons. The van der Waals surface area contributed by atoms with Gasteiger partial charge in [-0.2, -0.15) is 0 Å². The van der Waals surface area contributed by atoms with Gasteiger partial charge in [-0.05, 0) is 11.4 Å². The summed E-state index contributed by atoms with van der Waals surface area (Å²) >= 11 is 1.68. The van der Waals surface area contributed by atoms with Gasteiger partial charge in [0.1, 0.15) is 11.3 Å². The summed E-state index contributed by atoms with van der Waals surface area (Å²) in [6, 6.07) is 2.05.